The molecule has 0 fully saturated rings. The first kappa shape index (κ1) is 25.4. The van der Waals surface area contributed by atoms with Gasteiger partial charge in [0.25, 0.3) is 0 Å². The molecule has 2 atom stereocenters. The molecule has 10 heteroatoms. The highest BCUT2D eigenvalue weighted by molar-refractivity contribution is 6.67. The van der Waals surface area contributed by atoms with Gasteiger partial charge in [0.1, 0.15) is 18.4 Å². The van der Waals surface area contributed by atoms with Crippen LogP contribution in [0.4, 0.5) is 9.59 Å². The molecule has 0 aliphatic rings. The summed E-state index contributed by atoms with van der Waals surface area (Å²) in [5, 5.41) is 5.32. The Morgan fingerprint density at radius 2 is 1.58 bits per heavy atom. The van der Waals surface area contributed by atoms with E-state index in [0.717, 1.165) is 0 Å². The summed E-state index contributed by atoms with van der Waals surface area (Å²) in [5.74, 6) is 0.309. The molecule has 0 saturated carbocycles. The molecular formula is C16H29Cl3N2O5. The van der Waals surface area contributed by atoms with Crippen molar-refractivity contribution in [3.63, 3.8) is 0 Å². The Balaban J connectivity index is 4.73. The highest BCUT2D eigenvalue weighted by Crippen LogP contribution is 2.25. The van der Waals surface area contributed by atoms with Crippen LogP contribution in [0.25, 0.3) is 0 Å². The van der Waals surface area contributed by atoms with E-state index in [1.54, 1.807) is 20.8 Å². The molecule has 26 heavy (non-hydrogen) atoms. The summed E-state index contributed by atoms with van der Waals surface area (Å²) in [7, 11) is 1.43. The third kappa shape index (κ3) is 14.5. The third-order valence-electron chi connectivity index (χ3n) is 2.91. The standard InChI is InChI=1S/C16H29Cl3N2O5/c1-10(2)7-11(20-14(23)26-15(3,4)5)8-12(24-6)21-13(22)25-9-16(17,18)19/h10-12H,7-9H2,1-6H3,(H,20,23)(H,21,22)/t11-,12?/m1/s1. The van der Waals surface area contributed by atoms with Gasteiger partial charge in [-0.25, -0.2) is 9.59 Å². The predicted molar refractivity (Wildman–Crippen MR) is 103 cm³/mol. The smallest absolute Gasteiger partial charge is 0.409 e. The summed E-state index contributed by atoms with van der Waals surface area (Å²) in [6.07, 6.45) is -1.03. The minimum Gasteiger partial charge on any atom is -0.445 e. The number of methoxy groups -OCH3 is 1. The summed E-state index contributed by atoms with van der Waals surface area (Å²) in [4.78, 5) is 23.8. The van der Waals surface area contributed by atoms with E-state index in [1.807, 2.05) is 13.8 Å². The second-order valence-electron chi connectivity index (χ2n) is 7.27. The number of ether oxygens (including phenoxy) is 3. The predicted octanol–water partition coefficient (Wildman–Crippen LogP) is 4.38. The van der Waals surface area contributed by atoms with Crippen molar-refractivity contribution in [3.05, 3.63) is 0 Å². The number of carbonyl (C=O) groups excluding carboxylic acids is 2. The molecule has 0 rings (SSSR count). The van der Waals surface area contributed by atoms with E-state index in [4.69, 9.17) is 49.0 Å². The number of nitrogens with one attached hydrogen (secondary N) is 2. The van der Waals surface area contributed by atoms with Gasteiger partial charge in [-0.05, 0) is 33.1 Å². The van der Waals surface area contributed by atoms with Crippen LogP contribution in [0.1, 0.15) is 47.5 Å². The minimum atomic E-state index is -1.70. The number of halogens is 3. The molecule has 0 saturated heterocycles. The number of hydrogen-bond donors (Lipinski definition) is 2. The zero-order valence-corrected chi connectivity index (χ0v) is 18.3. The van der Waals surface area contributed by atoms with Gasteiger partial charge in [-0.15, -0.1) is 0 Å². The van der Waals surface area contributed by atoms with E-state index in [2.05, 4.69) is 10.6 Å². The van der Waals surface area contributed by atoms with E-state index >= 15 is 0 Å². The maximum absolute atomic E-state index is 12.0. The van der Waals surface area contributed by atoms with E-state index in [-0.39, 0.29) is 6.04 Å². The van der Waals surface area contributed by atoms with E-state index in [9.17, 15) is 9.59 Å². The quantitative estimate of drug-likeness (QED) is 0.436. The molecule has 154 valence electrons. The SMILES string of the molecule is COC(C[C@@H](CC(C)C)NC(=O)OC(C)(C)C)NC(=O)OCC(Cl)(Cl)Cl. The summed E-state index contributed by atoms with van der Waals surface area (Å²) in [5.41, 5.74) is -0.605. The number of alkyl carbamates (subject to hydrolysis) is 2. The Morgan fingerprint density at radius 3 is 2.00 bits per heavy atom. The van der Waals surface area contributed by atoms with Crippen LogP contribution in [-0.4, -0.2) is 47.6 Å². The molecule has 0 aromatic carbocycles. The number of hydrogen-bond acceptors (Lipinski definition) is 5. The monoisotopic (exact) mass is 434 g/mol. The van der Waals surface area contributed by atoms with Crippen LogP contribution in [0.15, 0.2) is 0 Å². The molecule has 1 unspecified atom stereocenters. The molecule has 0 bridgehead atoms. The fourth-order valence-corrected chi connectivity index (χ4v) is 2.21. The van der Waals surface area contributed by atoms with Crippen molar-refractivity contribution >= 4 is 47.0 Å². The van der Waals surface area contributed by atoms with E-state index in [1.165, 1.54) is 7.11 Å². The fourth-order valence-electron chi connectivity index (χ4n) is 2.05. The fraction of sp³-hybridized carbons (Fsp3) is 0.875. The van der Waals surface area contributed by atoms with Gasteiger partial charge in [0.05, 0.1) is 0 Å². The van der Waals surface area contributed by atoms with Crippen LogP contribution in [-0.2, 0) is 14.2 Å². The van der Waals surface area contributed by atoms with Crippen molar-refractivity contribution in [2.24, 2.45) is 5.92 Å². The minimum absolute atomic E-state index is 0.275. The van der Waals surface area contributed by atoms with Crippen molar-refractivity contribution in [1.82, 2.24) is 10.6 Å². The lowest BCUT2D eigenvalue weighted by Gasteiger charge is -2.27. The molecule has 2 N–H and O–H groups in total. The third-order valence-corrected chi connectivity index (χ3v) is 3.23. The second-order valence-corrected chi connectivity index (χ2v) is 9.78. The van der Waals surface area contributed by atoms with Gasteiger partial charge < -0.3 is 19.5 Å². The lowest BCUT2D eigenvalue weighted by molar-refractivity contribution is 0.0365. The zero-order valence-electron chi connectivity index (χ0n) is 16.0. The lowest BCUT2D eigenvalue weighted by atomic mass is 10.0. The molecular weight excluding hydrogens is 407 g/mol. The number of amides is 2. The summed E-state index contributed by atoms with van der Waals surface area (Å²) in [6.45, 7) is 8.99. The van der Waals surface area contributed by atoms with Gasteiger partial charge in [-0.2, -0.15) is 0 Å². The van der Waals surface area contributed by atoms with Crippen LogP contribution in [0.2, 0.25) is 0 Å². The number of carbonyl (C=O) groups is 2. The van der Waals surface area contributed by atoms with Crippen LogP contribution >= 0.6 is 34.8 Å². The molecule has 0 spiro atoms. The molecule has 0 heterocycles. The number of alkyl halides is 3. The van der Waals surface area contributed by atoms with Crippen molar-refractivity contribution < 1.29 is 23.8 Å². The Labute approximate surface area is 170 Å². The molecule has 2 amide bonds. The summed E-state index contributed by atoms with van der Waals surface area (Å²) in [6, 6.07) is -0.275. The van der Waals surface area contributed by atoms with Gasteiger partial charge in [0, 0.05) is 19.6 Å². The van der Waals surface area contributed by atoms with E-state index < -0.39 is 34.4 Å². The Kier molecular flexibility index (Phi) is 11.0. The van der Waals surface area contributed by atoms with Gasteiger partial charge in [0.15, 0.2) is 0 Å². The zero-order chi connectivity index (χ0) is 20.5. The highest BCUT2D eigenvalue weighted by Gasteiger charge is 2.26. The maximum Gasteiger partial charge on any atom is 0.409 e. The van der Waals surface area contributed by atoms with Crippen LogP contribution in [0.5, 0.6) is 0 Å². The maximum atomic E-state index is 12.0. The topological polar surface area (TPSA) is 85.9 Å². The first-order valence-corrected chi connectivity index (χ1v) is 9.37. The first-order chi connectivity index (χ1) is 11.7. The number of rotatable bonds is 8. The van der Waals surface area contributed by atoms with Crippen molar-refractivity contribution in [2.75, 3.05) is 13.7 Å². The van der Waals surface area contributed by atoms with Gasteiger partial charge in [0.2, 0.25) is 3.79 Å². The molecule has 0 radical (unpaired) electrons. The molecule has 0 aromatic heterocycles. The van der Waals surface area contributed by atoms with Crippen molar-refractivity contribution in [1.29, 1.82) is 0 Å². The Morgan fingerprint density at radius 1 is 1.00 bits per heavy atom. The largest absolute Gasteiger partial charge is 0.445 e. The lowest BCUT2D eigenvalue weighted by Crippen LogP contribution is -2.46. The van der Waals surface area contributed by atoms with Crippen LogP contribution in [0.3, 0.4) is 0 Å². The molecule has 0 aromatic rings. The molecule has 7 nitrogen and oxygen atoms in total. The van der Waals surface area contributed by atoms with E-state index in [0.29, 0.717) is 18.8 Å². The second kappa shape index (κ2) is 11.3. The van der Waals surface area contributed by atoms with Gasteiger partial charge in [-0.1, -0.05) is 48.7 Å². The Hall–Kier alpha value is -0.630. The average molecular weight is 436 g/mol. The van der Waals surface area contributed by atoms with Crippen LogP contribution in [0, 0.1) is 5.92 Å². The van der Waals surface area contributed by atoms with Crippen molar-refractivity contribution in [2.45, 2.75) is 69.1 Å². The molecule has 0 aliphatic heterocycles. The van der Waals surface area contributed by atoms with Gasteiger partial charge >= 0.3 is 12.2 Å². The summed E-state index contributed by atoms with van der Waals surface area (Å²) < 4.78 is 13.6. The normalized spacial score (nSPS) is 14.5. The van der Waals surface area contributed by atoms with Gasteiger partial charge in [-0.3, -0.25) is 5.32 Å². The molecule has 0 aliphatic carbocycles. The summed E-state index contributed by atoms with van der Waals surface area (Å²) >= 11 is 16.6. The van der Waals surface area contributed by atoms with Crippen LogP contribution < -0.4 is 10.6 Å². The first-order valence-electron chi connectivity index (χ1n) is 8.24. The van der Waals surface area contributed by atoms with Crippen molar-refractivity contribution in [3.8, 4) is 0 Å². The Bertz CT molecular complexity index is 450. The average Bonchev–Trinajstić information content (AvgIpc) is 2.40. The highest BCUT2D eigenvalue weighted by atomic mass is 35.6.